The molecule has 1 aromatic rings. The number of nitrogens with zero attached hydrogens (tertiary/aromatic N) is 1. The Bertz CT molecular complexity index is 722. The molecule has 0 radical (unpaired) electrons. The van der Waals surface area contributed by atoms with Gasteiger partial charge in [-0.3, -0.25) is 9.35 Å². The van der Waals surface area contributed by atoms with E-state index in [0.29, 0.717) is 25.9 Å². The zero-order chi connectivity index (χ0) is 18.0. The van der Waals surface area contributed by atoms with E-state index in [9.17, 15) is 26.8 Å². The van der Waals surface area contributed by atoms with E-state index >= 15 is 0 Å². The molecule has 1 saturated heterocycles. The monoisotopic (exact) mass is 363 g/mol. The molecule has 0 unspecified atom stereocenters. The summed E-state index contributed by atoms with van der Waals surface area (Å²) in [6, 6.07) is 5.85. The molecule has 24 heavy (non-hydrogen) atoms. The average Bonchev–Trinajstić information content (AvgIpc) is 2.52. The highest BCUT2D eigenvalue weighted by molar-refractivity contribution is 7.86. The summed E-state index contributed by atoms with van der Waals surface area (Å²) in [4.78, 5) is 24.8. The Morgan fingerprint density at radius 1 is 1.21 bits per heavy atom. The van der Waals surface area contributed by atoms with Gasteiger partial charge in [0, 0.05) is 31.6 Å². The van der Waals surface area contributed by atoms with Crippen molar-refractivity contribution in [2.75, 3.05) is 24.6 Å². The molecule has 0 atom stereocenters. The highest BCUT2D eigenvalue weighted by Crippen LogP contribution is 2.22. The van der Waals surface area contributed by atoms with Crippen molar-refractivity contribution in [3.63, 3.8) is 0 Å². The van der Waals surface area contributed by atoms with E-state index in [1.165, 1.54) is 12.1 Å². The molecule has 1 fully saturated rings. The number of benzene rings is 1. The van der Waals surface area contributed by atoms with Crippen LogP contribution in [-0.4, -0.2) is 49.7 Å². The van der Waals surface area contributed by atoms with E-state index in [4.69, 9.17) is 4.55 Å². The van der Waals surface area contributed by atoms with Crippen LogP contribution < -0.4 is 4.90 Å². The van der Waals surface area contributed by atoms with Gasteiger partial charge in [0.1, 0.15) is 5.78 Å². The minimum Gasteiger partial charge on any atom is -0.454 e. The van der Waals surface area contributed by atoms with Crippen molar-refractivity contribution in [3.05, 3.63) is 29.8 Å². The third kappa shape index (κ3) is 4.26. The number of carbonyl (C=O) groups is 2. The van der Waals surface area contributed by atoms with E-state index in [1.54, 1.807) is 12.1 Å². The highest BCUT2D eigenvalue weighted by atomic mass is 32.2. The minimum absolute atomic E-state index is 0.0435. The standard InChI is InChI=1S/C14H15F2NO6S/c15-14(16,24(20,21)22)9-23-13(19)10-1-3-11(4-2-10)17-7-5-12(18)6-8-17/h1-4H,5-9H2,(H,20,21,22). The number of alkyl halides is 2. The largest absolute Gasteiger partial charge is 0.454 e. The van der Waals surface area contributed by atoms with Gasteiger partial charge in [0.05, 0.1) is 5.56 Å². The molecule has 0 aromatic heterocycles. The maximum atomic E-state index is 13.0. The van der Waals surface area contributed by atoms with E-state index in [-0.39, 0.29) is 11.3 Å². The van der Waals surface area contributed by atoms with Crippen molar-refractivity contribution in [1.82, 2.24) is 0 Å². The Hall–Kier alpha value is -2.07. The lowest BCUT2D eigenvalue weighted by molar-refractivity contribution is -0.119. The molecule has 0 bridgehead atoms. The van der Waals surface area contributed by atoms with Crippen molar-refractivity contribution in [1.29, 1.82) is 0 Å². The first kappa shape index (κ1) is 18.3. The summed E-state index contributed by atoms with van der Waals surface area (Å²) in [5.41, 5.74) is 0.722. The fourth-order valence-electron chi connectivity index (χ4n) is 2.13. The predicted octanol–water partition coefficient (Wildman–Crippen LogP) is 1.49. The number of carbonyl (C=O) groups excluding carboxylic acids is 2. The van der Waals surface area contributed by atoms with Crippen molar-refractivity contribution in [2.45, 2.75) is 18.1 Å². The first-order chi connectivity index (χ1) is 11.1. The van der Waals surface area contributed by atoms with Gasteiger partial charge < -0.3 is 9.64 Å². The lowest BCUT2D eigenvalue weighted by Crippen LogP contribution is -2.34. The molecule has 0 amide bonds. The maximum absolute atomic E-state index is 13.0. The van der Waals surface area contributed by atoms with Crippen LogP contribution in [0.4, 0.5) is 14.5 Å². The Labute approximate surface area is 137 Å². The Balaban J connectivity index is 1.98. The zero-order valence-corrected chi connectivity index (χ0v) is 13.3. The zero-order valence-electron chi connectivity index (χ0n) is 12.4. The number of esters is 1. The van der Waals surface area contributed by atoms with Crippen molar-refractivity contribution in [3.8, 4) is 0 Å². The van der Waals surface area contributed by atoms with Crippen LogP contribution in [-0.2, 0) is 19.6 Å². The topological polar surface area (TPSA) is 101 Å². The summed E-state index contributed by atoms with van der Waals surface area (Å²) < 4.78 is 59.4. The normalized spacial score (nSPS) is 16.1. The molecule has 1 heterocycles. The van der Waals surface area contributed by atoms with Crippen LogP contribution in [0.25, 0.3) is 0 Å². The van der Waals surface area contributed by atoms with E-state index < -0.39 is 27.9 Å². The first-order valence-corrected chi connectivity index (χ1v) is 8.43. The molecule has 7 nitrogen and oxygen atoms in total. The quantitative estimate of drug-likeness (QED) is 0.625. The number of anilines is 1. The average molecular weight is 363 g/mol. The Kier molecular flexibility index (Phi) is 5.19. The molecule has 1 N–H and O–H groups in total. The van der Waals surface area contributed by atoms with Crippen LogP contribution in [0.2, 0.25) is 0 Å². The lowest BCUT2D eigenvalue weighted by atomic mass is 10.1. The SMILES string of the molecule is O=C1CCN(c2ccc(C(=O)OCC(F)(F)S(=O)(=O)O)cc2)CC1. The molecule has 2 rings (SSSR count). The second-order valence-corrected chi connectivity index (χ2v) is 6.81. The molecule has 10 heteroatoms. The molecule has 1 aromatic carbocycles. The second kappa shape index (κ2) is 6.81. The molecule has 1 aliphatic rings. The van der Waals surface area contributed by atoms with Crippen molar-refractivity contribution >= 4 is 27.6 Å². The number of Topliss-reactive ketones (excluding diaryl/α,β-unsaturated/α-hetero) is 1. The maximum Gasteiger partial charge on any atom is 0.402 e. The first-order valence-electron chi connectivity index (χ1n) is 6.99. The number of rotatable bonds is 5. The lowest BCUT2D eigenvalue weighted by Gasteiger charge is -2.28. The number of ether oxygens (including phenoxy) is 1. The highest BCUT2D eigenvalue weighted by Gasteiger charge is 2.45. The van der Waals surface area contributed by atoms with Crippen LogP contribution in [0.1, 0.15) is 23.2 Å². The number of piperidine rings is 1. The Morgan fingerprint density at radius 3 is 2.25 bits per heavy atom. The number of hydrogen-bond acceptors (Lipinski definition) is 6. The molecule has 1 aliphatic heterocycles. The smallest absolute Gasteiger partial charge is 0.402 e. The third-order valence-electron chi connectivity index (χ3n) is 3.54. The van der Waals surface area contributed by atoms with E-state index in [2.05, 4.69) is 4.74 Å². The third-order valence-corrected chi connectivity index (χ3v) is 4.41. The fourth-order valence-corrected chi connectivity index (χ4v) is 2.34. The van der Waals surface area contributed by atoms with Crippen LogP contribution in [0.5, 0.6) is 0 Å². The summed E-state index contributed by atoms with van der Waals surface area (Å²) in [5.74, 6) is -0.954. The van der Waals surface area contributed by atoms with E-state index in [0.717, 1.165) is 5.69 Å². The van der Waals surface area contributed by atoms with Gasteiger partial charge in [-0.15, -0.1) is 0 Å². The van der Waals surface area contributed by atoms with Gasteiger partial charge in [-0.1, -0.05) is 0 Å². The molecule has 0 spiro atoms. The Morgan fingerprint density at radius 2 is 1.75 bits per heavy atom. The predicted molar refractivity (Wildman–Crippen MR) is 79.7 cm³/mol. The van der Waals surface area contributed by atoms with Gasteiger partial charge in [-0.2, -0.15) is 17.2 Å². The second-order valence-electron chi connectivity index (χ2n) is 5.26. The van der Waals surface area contributed by atoms with Crippen molar-refractivity contribution < 1.29 is 36.1 Å². The summed E-state index contributed by atoms with van der Waals surface area (Å²) in [7, 11) is -5.65. The fraction of sp³-hybridized carbons (Fsp3) is 0.429. The molecule has 0 aliphatic carbocycles. The molecule has 0 saturated carbocycles. The van der Waals surface area contributed by atoms with Gasteiger partial charge in [0.25, 0.3) is 0 Å². The molecular formula is C14H15F2NO6S. The van der Waals surface area contributed by atoms with Crippen LogP contribution in [0.15, 0.2) is 24.3 Å². The van der Waals surface area contributed by atoms with Crippen LogP contribution in [0, 0.1) is 0 Å². The summed E-state index contributed by atoms with van der Waals surface area (Å²) in [6.07, 6.45) is 0.878. The van der Waals surface area contributed by atoms with Crippen molar-refractivity contribution in [2.24, 2.45) is 0 Å². The number of hydrogen-bond donors (Lipinski definition) is 1. The summed E-state index contributed by atoms with van der Waals surface area (Å²) in [5, 5.41) is -4.57. The van der Waals surface area contributed by atoms with Crippen LogP contribution in [0.3, 0.4) is 0 Å². The van der Waals surface area contributed by atoms with Gasteiger partial charge in [0.2, 0.25) is 0 Å². The van der Waals surface area contributed by atoms with Gasteiger partial charge in [-0.25, -0.2) is 4.79 Å². The summed E-state index contributed by atoms with van der Waals surface area (Å²) in [6.45, 7) is -0.660. The number of ketones is 1. The number of halogens is 2. The summed E-state index contributed by atoms with van der Waals surface area (Å²) >= 11 is 0. The van der Waals surface area contributed by atoms with Gasteiger partial charge in [0.15, 0.2) is 6.61 Å². The van der Waals surface area contributed by atoms with Gasteiger partial charge >= 0.3 is 21.3 Å². The van der Waals surface area contributed by atoms with Crippen LogP contribution >= 0.6 is 0 Å². The minimum atomic E-state index is -5.65. The van der Waals surface area contributed by atoms with E-state index in [1.807, 2.05) is 4.90 Å². The molecular weight excluding hydrogens is 348 g/mol. The van der Waals surface area contributed by atoms with Gasteiger partial charge in [-0.05, 0) is 24.3 Å². The molecule has 132 valence electrons.